The molecule has 1 saturated heterocycles. The Balaban J connectivity index is 1.14. The van der Waals surface area contributed by atoms with Gasteiger partial charge in [0, 0.05) is 18.5 Å². The van der Waals surface area contributed by atoms with Crippen LogP contribution in [-0.4, -0.2) is 40.9 Å². The van der Waals surface area contributed by atoms with Gasteiger partial charge in [0.2, 0.25) is 5.91 Å². The van der Waals surface area contributed by atoms with Crippen molar-refractivity contribution in [2.75, 3.05) is 6.54 Å². The molecular formula is C23H30N2O5. The zero-order valence-corrected chi connectivity index (χ0v) is 17.5. The number of carbonyl (C=O) groups excluding carboxylic acids is 3. The van der Waals surface area contributed by atoms with E-state index < -0.39 is 18.0 Å². The number of carbonyl (C=O) groups is 3. The lowest BCUT2D eigenvalue weighted by Gasteiger charge is -2.57. The van der Waals surface area contributed by atoms with Gasteiger partial charge in [-0.15, -0.1) is 0 Å². The normalized spacial score (nSPS) is 35.5. The predicted octanol–water partition coefficient (Wildman–Crippen LogP) is 2.64. The van der Waals surface area contributed by atoms with Gasteiger partial charge in [0.25, 0.3) is 5.91 Å². The second-order valence-electron chi connectivity index (χ2n) is 10.0. The summed E-state index contributed by atoms with van der Waals surface area (Å²) in [6.07, 6.45) is 7.94. The van der Waals surface area contributed by atoms with Gasteiger partial charge in [0.05, 0.1) is 18.7 Å². The van der Waals surface area contributed by atoms with Crippen molar-refractivity contribution in [2.45, 2.75) is 70.1 Å². The molecule has 1 aromatic heterocycles. The molecule has 0 unspecified atom stereocenters. The Morgan fingerprint density at radius 2 is 1.90 bits per heavy atom. The van der Waals surface area contributed by atoms with E-state index in [4.69, 9.17) is 9.15 Å². The molecule has 1 N–H and O–H groups in total. The largest absolute Gasteiger partial charge is 0.467 e. The lowest BCUT2D eigenvalue weighted by atomic mass is 9.53. The van der Waals surface area contributed by atoms with Crippen LogP contribution in [0.5, 0.6) is 0 Å². The molecule has 6 rings (SSSR count). The van der Waals surface area contributed by atoms with Crippen molar-refractivity contribution in [2.24, 2.45) is 23.7 Å². The van der Waals surface area contributed by atoms with Crippen LogP contribution in [0.3, 0.4) is 0 Å². The summed E-state index contributed by atoms with van der Waals surface area (Å²) >= 11 is 0. The molecule has 5 aliphatic rings. The highest BCUT2D eigenvalue weighted by atomic mass is 16.5. The summed E-state index contributed by atoms with van der Waals surface area (Å²) in [4.78, 5) is 39.3. The van der Waals surface area contributed by atoms with Gasteiger partial charge in [0.15, 0.2) is 6.10 Å². The molecule has 4 saturated carbocycles. The molecule has 0 aromatic carbocycles. The molecule has 5 fully saturated rings. The van der Waals surface area contributed by atoms with Crippen molar-refractivity contribution >= 4 is 17.8 Å². The van der Waals surface area contributed by atoms with Gasteiger partial charge in [-0.3, -0.25) is 14.4 Å². The van der Waals surface area contributed by atoms with Crippen LogP contribution >= 0.6 is 0 Å². The number of ether oxygens (including phenoxy) is 1. The highest BCUT2D eigenvalue weighted by molar-refractivity contribution is 5.89. The van der Waals surface area contributed by atoms with Crippen molar-refractivity contribution in [3.05, 3.63) is 24.2 Å². The van der Waals surface area contributed by atoms with Crippen LogP contribution in [0.1, 0.15) is 57.6 Å². The first-order chi connectivity index (χ1) is 14.4. The van der Waals surface area contributed by atoms with Crippen LogP contribution < -0.4 is 5.32 Å². The summed E-state index contributed by atoms with van der Waals surface area (Å²) in [5.41, 5.74) is -0.102. The molecule has 1 aliphatic heterocycles. The highest BCUT2D eigenvalue weighted by Gasteiger charge is 2.52. The molecule has 7 nitrogen and oxygen atoms in total. The molecule has 2 amide bonds. The average molecular weight is 415 g/mol. The number of likely N-dealkylation sites (tertiary alicyclic amines) is 1. The zero-order chi connectivity index (χ0) is 20.9. The topological polar surface area (TPSA) is 88.9 Å². The van der Waals surface area contributed by atoms with Crippen LogP contribution in [0.4, 0.5) is 0 Å². The van der Waals surface area contributed by atoms with Gasteiger partial charge in [-0.25, -0.2) is 0 Å². The van der Waals surface area contributed by atoms with Gasteiger partial charge >= 0.3 is 5.97 Å². The molecule has 2 heterocycles. The van der Waals surface area contributed by atoms with Crippen molar-refractivity contribution in [1.82, 2.24) is 10.2 Å². The summed E-state index contributed by atoms with van der Waals surface area (Å²) < 4.78 is 10.8. The van der Waals surface area contributed by atoms with Crippen molar-refractivity contribution < 1.29 is 23.5 Å². The minimum absolute atomic E-state index is 0.0981. The van der Waals surface area contributed by atoms with Crippen molar-refractivity contribution in [3.8, 4) is 0 Å². The van der Waals surface area contributed by atoms with E-state index >= 15 is 0 Å². The highest BCUT2D eigenvalue weighted by Crippen LogP contribution is 2.55. The molecular weight excluding hydrogens is 384 g/mol. The number of esters is 1. The van der Waals surface area contributed by atoms with E-state index in [-0.39, 0.29) is 23.8 Å². The minimum Gasteiger partial charge on any atom is -0.467 e. The third kappa shape index (κ3) is 3.74. The number of hydrogen-bond acceptors (Lipinski definition) is 5. The van der Waals surface area contributed by atoms with E-state index in [0.717, 1.165) is 37.0 Å². The Morgan fingerprint density at radius 3 is 2.50 bits per heavy atom. The fraction of sp³-hybridized carbons (Fsp3) is 0.696. The molecule has 0 radical (unpaired) electrons. The molecule has 30 heavy (non-hydrogen) atoms. The second-order valence-corrected chi connectivity index (χ2v) is 10.0. The van der Waals surface area contributed by atoms with Gasteiger partial charge in [-0.1, -0.05) is 0 Å². The first-order valence-corrected chi connectivity index (χ1v) is 11.2. The SMILES string of the molecule is C[C@@H](OC(=O)[C@H]1CC(=O)N(Cc2ccco2)C1)C(=O)NC12CC3CC(CC(C3)C1)C2. The standard InChI is InChI=1S/C23H30N2O5/c1-14(21(27)24-23-9-15-5-16(10-23)7-17(6-15)11-23)30-22(28)18-8-20(26)25(12-18)13-19-3-2-4-29-19/h2-4,14-18H,5-13H2,1H3,(H,24,27)/t14-,15?,16?,17?,18+,23?/m1/s1. The molecule has 162 valence electrons. The Kier molecular flexibility index (Phi) is 4.86. The molecule has 4 aliphatic carbocycles. The van der Waals surface area contributed by atoms with E-state index in [1.807, 2.05) is 0 Å². The first kappa shape index (κ1) is 19.6. The van der Waals surface area contributed by atoms with E-state index in [0.29, 0.717) is 18.8 Å². The quantitative estimate of drug-likeness (QED) is 0.723. The van der Waals surface area contributed by atoms with Gasteiger partial charge in [-0.2, -0.15) is 0 Å². The number of nitrogens with zero attached hydrogens (tertiary/aromatic N) is 1. The molecule has 4 bridgehead atoms. The van der Waals surface area contributed by atoms with Crippen LogP contribution in [0.15, 0.2) is 22.8 Å². The third-order valence-corrected chi connectivity index (χ3v) is 7.56. The lowest BCUT2D eigenvalue weighted by Crippen LogP contribution is -2.61. The van der Waals surface area contributed by atoms with Crippen molar-refractivity contribution in [1.29, 1.82) is 0 Å². The van der Waals surface area contributed by atoms with Crippen LogP contribution in [0, 0.1) is 23.7 Å². The Bertz CT molecular complexity index is 797. The van der Waals surface area contributed by atoms with E-state index in [9.17, 15) is 14.4 Å². The van der Waals surface area contributed by atoms with E-state index in [1.54, 1.807) is 30.2 Å². The lowest BCUT2D eigenvalue weighted by molar-refractivity contribution is -0.160. The Hall–Kier alpha value is -2.31. The molecule has 7 heteroatoms. The summed E-state index contributed by atoms with van der Waals surface area (Å²) in [6.45, 7) is 2.27. The Morgan fingerprint density at radius 1 is 1.23 bits per heavy atom. The first-order valence-electron chi connectivity index (χ1n) is 11.2. The summed E-state index contributed by atoms with van der Waals surface area (Å²) in [5.74, 6) is 1.57. The molecule has 2 atom stereocenters. The van der Waals surface area contributed by atoms with Crippen molar-refractivity contribution in [3.63, 3.8) is 0 Å². The van der Waals surface area contributed by atoms with Gasteiger partial charge < -0.3 is 19.4 Å². The number of amides is 2. The fourth-order valence-corrected chi connectivity index (χ4v) is 6.62. The van der Waals surface area contributed by atoms with E-state index in [1.165, 1.54) is 19.3 Å². The number of furan rings is 1. The monoisotopic (exact) mass is 414 g/mol. The minimum atomic E-state index is -0.847. The maximum absolute atomic E-state index is 12.8. The predicted molar refractivity (Wildman–Crippen MR) is 107 cm³/mol. The van der Waals surface area contributed by atoms with Gasteiger partial charge in [0.1, 0.15) is 5.76 Å². The van der Waals surface area contributed by atoms with Crippen LogP contribution in [0.2, 0.25) is 0 Å². The number of rotatable bonds is 6. The maximum atomic E-state index is 12.8. The summed E-state index contributed by atoms with van der Waals surface area (Å²) in [6, 6.07) is 3.57. The molecule has 1 aromatic rings. The average Bonchev–Trinajstić information content (AvgIpc) is 3.30. The summed E-state index contributed by atoms with van der Waals surface area (Å²) in [5, 5.41) is 3.26. The number of nitrogens with one attached hydrogen (secondary N) is 1. The van der Waals surface area contributed by atoms with E-state index in [2.05, 4.69) is 5.32 Å². The second kappa shape index (κ2) is 7.43. The zero-order valence-electron chi connectivity index (χ0n) is 17.5. The van der Waals surface area contributed by atoms with Crippen LogP contribution in [0.25, 0.3) is 0 Å². The summed E-state index contributed by atoms with van der Waals surface area (Å²) in [7, 11) is 0. The maximum Gasteiger partial charge on any atom is 0.312 e. The van der Waals surface area contributed by atoms with Crippen LogP contribution in [-0.2, 0) is 25.7 Å². The number of hydrogen-bond donors (Lipinski definition) is 1. The molecule has 0 spiro atoms. The van der Waals surface area contributed by atoms with Gasteiger partial charge in [-0.05, 0) is 75.3 Å². The fourth-order valence-electron chi connectivity index (χ4n) is 6.62. The smallest absolute Gasteiger partial charge is 0.312 e. The Labute approximate surface area is 176 Å². The third-order valence-electron chi connectivity index (χ3n) is 7.56.